The van der Waals surface area contributed by atoms with Gasteiger partial charge in [0.05, 0.1) is 23.5 Å². The second-order valence-electron chi connectivity index (χ2n) is 7.30. The summed E-state index contributed by atoms with van der Waals surface area (Å²) in [6.45, 7) is 0. The fourth-order valence-corrected chi connectivity index (χ4v) is 5.21. The minimum Gasteiger partial charge on any atom is -0.242 e. The summed E-state index contributed by atoms with van der Waals surface area (Å²) in [5.74, 6) is 0.931. The molecule has 0 radical (unpaired) electrons. The molecule has 0 saturated heterocycles. The summed E-state index contributed by atoms with van der Waals surface area (Å²) in [5, 5.41) is 22.6. The van der Waals surface area contributed by atoms with Gasteiger partial charge in [0, 0.05) is 11.8 Å². The Labute approximate surface area is 145 Å². The van der Waals surface area contributed by atoms with Crippen molar-refractivity contribution in [2.24, 2.45) is 32.5 Å². The van der Waals surface area contributed by atoms with E-state index in [-0.39, 0.29) is 12.1 Å². The van der Waals surface area contributed by atoms with Crippen LogP contribution >= 0.6 is 0 Å². The number of para-hydroxylation sites is 2. The molecule has 2 aromatic rings. The minimum atomic E-state index is 0.251. The molecule has 2 bridgehead atoms. The maximum Gasteiger partial charge on any atom is 0.101 e. The van der Waals surface area contributed by atoms with E-state index in [1.54, 1.807) is 0 Å². The van der Waals surface area contributed by atoms with Crippen molar-refractivity contribution in [3.63, 3.8) is 0 Å². The van der Waals surface area contributed by atoms with E-state index in [1.165, 1.54) is 0 Å². The van der Waals surface area contributed by atoms with Crippen LogP contribution in [0.3, 0.4) is 0 Å². The van der Waals surface area contributed by atoms with E-state index in [4.69, 9.17) is 0 Å². The van der Waals surface area contributed by atoms with Crippen LogP contribution in [0.4, 0.5) is 11.4 Å². The fourth-order valence-electron chi connectivity index (χ4n) is 5.21. The lowest BCUT2D eigenvalue weighted by molar-refractivity contribution is 0.318. The molecule has 2 fully saturated rings. The smallest absolute Gasteiger partial charge is 0.101 e. The molecular formula is C19H18N6. The van der Waals surface area contributed by atoms with Gasteiger partial charge in [0.15, 0.2) is 0 Å². The van der Waals surface area contributed by atoms with Gasteiger partial charge in [0.1, 0.15) is 12.1 Å². The van der Waals surface area contributed by atoms with Crippen LogP contribution in [0.2, 0.25) is 0 Å². The zero-order valence-corrected chi connectivity index (χ0v) is 13.6. The number of hydrogen-bond donors (Lipinski definition) is 0. The lowest BCUT2D eigenvalue weighted by Gasteiger charge is -2.37. The summed E-state index contributed by atoms with van der Waals surface area (Å²) in [5.41, 5.74) is 2.25. The Morgan fingerprint density at radius 1 is 0.640 bits per heavy atom. The maximum absolute atomic E-state index is 4.63. The van der Waals surface area contributed by atoms with Gasteiger partial charge in [0.2, 0.25) is 0 Å². The quantitative estimate of drug-likeness (QED) is 0.839. The van der Waals surface area contributed by atoms with Crippen LogP contribution in [-0.4, -0.2) is 24.2 Å². The molecule has 6 nitrogen and oxygen atoms in total. The average Bonchev–Trinajstić information content (AvgIpc) is 3.41. The van der Waals surface area contributed by atoms with Crippen molar-refractivity contribution in [3.8, 4) is 0 Å². The highest BCUT2D eigenvalue weighted by Gasteiger charge is 2.65. The Bertz CT molecular complexity index is 781. The molecule has 6 rings (SSSR count). The fraction of sp³-hybridized carbons (Fsp3) is 0.368. The molecule has 2 saturated carbocycles. The molecule has 0 spiro atoms. The number of fused-ring (bicyclic) bond motifs is 8. The monoisotopic (exact) mass is 330 g/mol. The van der Waals surface area contributed by atoms with Crippen LogP contribution in [0.5, 0.6) is 0 Å². The Hall–Kier alpha value is -2.76. The highest BCUT2D eigenvalue weighted by atomic mass is 15.6. The number of nitrogens with zero attached hydrogens (tertiary/aromatic N) is 6. The SMILES string of the molecule is c1ccc(N2N=N[C@@H]3C4CC([C@H]32)[C@@H]2[C@H]4N=NN2c2ccccc2)cc1. The van der Waals surface area contributed by atoms with Gasteiger partial charge in [-0.1, -0.05) is 46.8 Å². The third kappa shape index (κ3) is 1.74. The summed E-state index contributed by atoms with van der Waals surface area (Å²) in [6.07, 6.45) is 1.16. The molecule has 0 amide bonds. The lowest BCUT2D eigenvalue weighted by Crippen LogP contribution is -2.53. The molecule has 25 heavy (non-hydrogen) atoms. The van der Waals surface area contributed by atoms with E-state index >= 15 is 0 Å². The first-order chi connectivity index (χ1) is 12.4. The van der Waals surface area contributed by atoms with Gasteiger partial charge < -0.3 is 0 Å². The van der Waals surface area contributed by atoms with Gasteiger partial charge in [0.25, 0.3) is 0 Å². The first-order valence-electron chi connectivity index (χ1n) is 8.92. The largest absolute Gasteiger partial charge is 0.242 e. The maximum atomic E-state index is 4.63. The van der Waals surface area contributed by atoms with E-state index in [2.05, 4.69) is 79.2 Å². The van der Waals surface area contributed by atoms with E-state index in [9.17, 15) is 0 Å². The predicted octanol–water partition coefficient (Wildman–Crippen LogP) is 3.89. The number of rotatable bonds is 2. The van der Waals surface area contributed by atoms with E-state index in [0.717, 1.165) is 17.8 Å². The third-order valence-corrected chi connectivity index (χ3v) is 6.17. The zero-order chi connectivity index (χ0) is 16.4. The van der Waals surface area contributed by atoms with Crippen LogP contribution in [-0.2, 0) is 0 Å². The van der Waals surface area contributed by atoms with Crippen molar-refractivity contribution >= 4 is 11.4 Å². The summed E-state index contributed by atoms with van der Waals surface area (Å²) >= 11 is 0. The number of anilines is 2. The standard InChI is InChI=1S/C19H18N6/c1-3-7-12(8-4-1)24-18-15-11-14(16(18)20-22-24)17-19(15)25(23-21-17)13-9-5-2-6-10-13/h1-10,14-19H,11H2/t14?,15?,16-,17+,18-,19-/m1/s1. The van der Waals surface area contributed by atoms with Crippen LogP contribution in [0.15, 0.2) is 81.3 Å². The molecule has 6 atom stereocenters. The second kappa shape index (κ2) is 4.88. The summed E-state index contributed by atoms with van der Waals surface area (Å²) in [6, 6.07) is 21.9. The Kier molecular flexibility index (Phi) is 2.64. The molecule has 0 N–H and O–H groups in total. The summed E-state index contributed by atoms with van der Waals surface area (Å²) in [4.78, 5) is 0. The van der Waals surface area contributed by atoms with Crippen LogP contribution in [0.1, 0.15) is 6.42 Å². The van der Waals surface area contributed by atoms with Gasteiger partial charge in [-0.2, -0.15) is 10.2 Å². The van der Waals surface area contributed by atoms with Gasteiger partial charge in [-0.25, -0.2) is 10.0 Å². The summed E-state index contributed by atoms with van der Waals surface area (Å²) < 4.78 is 0. The number of hydrogen-bond acceptors (Lipinski definition) is 6. The first-order valence-corrected chi connectivity index (χ1v) is 8.92. The van der Waals surface area contributed by atoms with Crippen LogP contribution in [0.25, 0.3) is 0 Å². The lowest BCUT2D eigenvalue weighted by atomic mass is 9.83. The van der Waals surface area contributed by atoms with Crippen LogP contribution < -0.4 is 10.0 Å². The minimum absolute atomic E-state index is 0.251. The second-order valence-corrected chi connectivity index (χ2v) is 7.30. The molecule has 2 unspecified atom stereocenters. The molecule has 2 aromatic carbocycles. The molecule has 2 heterocycles. The van der Waals surface area contributed by atoms with E-state index in [1.807, 2.05) is 12.1 Å². The van der Waals surface area contributed by atoms with Gasteiger partial charge >= 0.3 is 0 Å². The Morgan fingerprint density at radius 3 is 1.60 bits per heavy atom. The van der Waals surface area contributed by atoms with Crippen molar-refractivity contribution in [1.29, 1.82) is 0 Å². The first kappa shape index (κ1) is 13.5. The van der Waals surface area contributed by atoms with Crippen molar-refractivity contribution in [2.45, 2.75) is 30.6 Å². The van der Waals surface area contributed by atoms with Crippen molar-refractivity contribution in [3.05, 3.63) is 60.7 Å². The van der Waals surface area contributed by atoms with Crippen molar-refractivity contribution < 1.29 is 0 Å². The highest BCUT2D eigenvalue weighted by molar-refractivity contribution is 5.52. The molecule has 6 heteroatoms. The average molecular weight is 330 g/mol. The van der Waals surface area contributed by atoms with Gasteiger partial charge in [-0.15, -0.1) is 0 Å². The predicted molar refractivity (Wildman–Crippen MR) is 94.3 cm³/mol. The number of benzene rings is 2. The van der Waals surface area contributed by atoms with E-state index in [0.29, 0.717) is 23.9 Å². The Morgan fingerprint density at radius 2 is 1.12 bits per heavy atom. The van der Waals surface area contributed by atoms with Crippen molar-refractivity contribution in [1.82, 2.24) is 0 Å². The molecule has 0 aromatic heterocycles. The molecule has 2 aliphatic heterocycles. The Balaban J connectivity index is 1.36. The van der Waals surface area contributed by atoms with Crippen LogP contribution in [0, 0.1) is 11.8 Å². The third-order valence-electron chi connectivity index (χ3n) is 6.17. The molecule has 4 aliphatic rings. The van der Waals surface area contributed by atoms with Gasteiger partial charge in [-0.3, -0.25) is 0 Å². The highest BCUT2D eigenvalue weighted by Crippen LogP contribution is 2.56. The topological polar surface area (TPSA) is 55.9 Å². The van der Waals surface area contributed by atoms with E-state index < -0.39 is 0 Å². The van der Waals surface area contributed by atoms with Crippen molar-refractivity contribution in [2.75, 3.05) is 10.0 Å². The molecule has 124 valence electrons. The van der Waals surface area contributed by atoms with Gasteiger partial charge in [-0.05, 0) is 30.7 Å². The molecular weight excluding hydrogens is 312 g/mol. The normalized spacial score (nSPS) is 37.0. The molecule has 2 aliphatic carbocycles. The zero-order valence-electron chi connectivity index (χ0n) is 13.6. The summed E-state index contributed by atoms with van der Waals surface area (Å²) in [7, 11) is 0.